The molecule has 3 atom stereocenters. The Balaban J connectivity index is 3.97. The predicted molar refractivity (Wildman–Crippen MR) is 348 cm³/mol. The van der Waals surface area contributed by atoms with Gasteiger partial charge >= 0.3 is 0 Å². The van der Waals surface area contributed by atoms with Crippen molar-refractivity contribution in [2.24, 2.45) is 0 Å². The van der Waals surface area contributed by atoms with Gasteiger partial charge in [0.1, 0.15) is 13.2 Å². The Labute approximate surface area is 499 Å². The predicted octanol–water partition coefficient (Wildman–Crippen LogP) is 21.6. The number of rotatable bonds is 65. The highest BCUT2D eigenvalue weighted by Crippen LogP contribution is 2.38. The SMILES string of the molecule is CCCCCCCCCCC/C=C/CC/C=C/CC/C=C/C(O)C(COP(=O)([O-])OCC[N+](C)(C)C)NC(=O)CCCCCCCCCCCCCCCCCCC/C=C\CCCCCCCCCCCCCCCCCCCC. The lowest BCUT2D eigenvalue weighted by molar-refractivity contribution is -0.870. The summed E-state index contributed by atoms with van der Waals surface area (Å²) in [6.45, 7) is 4.66. The first-order valence-corrected chi connectivity index (χ1v) is 36.5. The molecule has 0 aliphatic rings. The van der Waals surface area contributed by atoms with Gasteiger partial charge in [-0.05, 0) is 70.6 Å². The molecule has 0 radical (unpaired) electrons. The fourth-order valence-corrected chi connectivity index (χ4v) is 11.3. The number of nitrogens with one attached hydrogen (secondary N) is 1. The van der Waals surface area contributed by atoms with Crippen molar-refractivity contribution < 1.29 is 32.9 Å². The molecule has 472 valence electrons. The number of quaternary nitrogens is 1. The standard InChI is InChI=1S/C71H137N2O6P/c1-6-8-10-12-14-16-18-20-22-24-26-27-28-29-30-31-32-33-34-35-36-37-38-39-40-41-42-43-44-45-47-49-51-53-55-57-59-61-63-65-71(75)72-69(68-79-80(76,77)78-67-66-73(3,4)5)70(74)64-62-60-58-56-54-52-50-48-46-25-23-21-19-17-15-13-11-9-7-2/h35-36,46,48,54,56,62,64,69-70,74H,6-34,37-45,47,49-53,55,57-61,63,65-68H2,1-5H3,(H-,72,75,76,77)/b36-35-,48-46+,56-54+,64-62+. The van der Waals surface area contributed by atoms with Gasteiger partial charge in [0.25, 0.3) is 7.82 Å². The summed E-state index contributed by atoms with van der Waals surface area (Å²) in [4.78, 5) is 25.6. The highest BCUT2D eigenvalue weighted by atomic mass is 31.2. The molecule has 2 N–H and O–H groups in total. The molecule has 0 rings (SSSR count). The van der Waals surface area contributed by atoms with E-state index in [1.54, 1.807) is 6.08 Å². The smallest absolute Gasteiger partial charge is 0.268 e. The van der Waals surface area contributed by atoms with E-state index < -0.39 is 26.6 Å². The molecule has 1 amide bonds. The van der Waals surface area contributed by atoms with Gasteiger partial charge in [0, 0.05) is 6.42 Å². The zero-order chi connectivity index (χ0) is 58.4. The number of amides is 1. The van der Waals surface area contributed by atoms with Gasteiger partial charge in [-0.1, -0.05) is 319 Å². The van der Waals surface area contributed by atoms with E-state index in [0.717, 1.165) is 44.9 Å². The van der Waals surface area contributed by atoms with Crippen LogP contribution in [0.3, 0.4) is 0 Å². The second kappa shape index (κ2) is 62.0. The van der Waals surface area contributed by atoms with Crippen LogP contribution in [0.15, 0.2) is 48.6 Å². The Bertz CT molecular complexity index is 1440. The third-order valence-corrected chi connectivity index (χ3v) is 17.0. The van der Waals surface area contributed by atoms with E-state index in [0.29, 0.717) is 17.4 Å². The van der Waals surface area contributed by atoms with Gasteiger partial charge < -0.3 is 28.8 Å². The van der Waals surface area contributed by atoms with Crippen molar-refractivity contribution in [3.05, 3.63) is 48.6 Å². The molecule has 8 nitrogen and oxygen atoms in total. The summed E-state index contributed by atoms with van der Waals surface area (Å²) in [6, 6.07) is -0.911. The molecule has 0 bridgehead atoms. The Morgan fingerprint density at radius 1 is 0.425 bits per heavy atom. The summed E-state index contributed by atoms with van der Waals surface area (Å²) >= 11 is 0. The Morgan fingerprint density at radius 2 is 0.700 bits per heavy atom. The minimum Gasteiger partial charge on any atom is -0.756 e. The third kappa shape index (κ3) is 64.0. The fraction of sp³-hybridized carbons (Fsp3) is 0.873. The maximum absolute atomic E-state index is 13.0. The number of phosphoric acid groups is 1. The molecule has 0 aromatic carbocycles. The second-order valence-electron chi connectivity index (χ2n) is 25.2. The Morgan fingerprint density at radius 3 is 1.01 bits per heavy atom. The minimum atomic E-state index is -4.61. The molecule has 0 heterocycles. The van der Waals surface area contributed by atoms with Crippen molar-refractivity contribution in [3.8, 4) is 0 Å². The first-order chi connectivity index (χ1) is 39.0. The normalized spacial score (nSPS) is 13.9. The summed E-state index contributed by atoms with van der Waals surface area (Å²) in [6.07, 6.45) is 84.0. The Kier molecular flexibility index (Phi) is 60.8. The number of hydrogen-bond donors (Lipinski definition) is 2. The quantitative estimate of drug-likeness (QED) is 0.0272. The van der Waals surface area contributed by atoms with Crippen LogP contribution in [0.2, 0.25) is 0 Å². The topological polar surface area (TPSA) is 108 Å². The molecule has 3 unspecified atom stereocenters. The zero-order valence-corrected chi connectivity index (χ0v) is 54.9. The molecule has 0 spiro atoms. The molecule has 0 saturated carbocycles. The highest BCUT2D eigenvalue weighted by molar-refractivity contribution is 7.45. The summed E-state index contributed by atoms with van der Waals surface area (Å²) < 4.78 is 23.4. The molecule has 0 aliphatic heterocycles. The summed E-state index contributed by atoms with van der Waals surface area (Å²) in [7, 11) is 1.24. The van der Waals surface area contributed by atoms with E-state index in [2.05, 4.69) is 55.6 Å². The molecular weight excluding hydrogens is 1010 g/mol. The van der Waals surface area contributed by atoms with Gasteiger partial charge in [0.2, 0.25) is 5.91 Å². The number of carbonyl (C=O) groups excluding carboxylic acids is 1. The number of nitrogens with zero attached hydrogens (tertiary/aromatic N) is 1. The van der Waals surface area contributed by atoms with E-state index in [9.17, 15) is 19.4 Å². The van der Waals surface area contributed by atoms with Crippen LogP contribution in [0.1, 0.15) is 348 Å². The average molecular weight is 1150 g/mol. The van der Waals surface area contributed by atoms with Gasteiger partial charge in [-0.3, -0.25) is 9.36 Å². The van der Waals surface area contributed by atoms with E-state index >= 15 is 0 Å². The van der Waals surface area contributed by atoms with E-state index in [-0.39, 0.29) is 12.5 Å². The number of phosphoric ester groups is 1. The second-order valence-corrected chi connectivity index (χ2v) is 26.6. The number of likely N-dealkylation sites (N-methyl/N-ethyl adjacent to an activating group) is 1. The average Bonchev–Trinajstić information content (AvgIpc) is 3.42. The van der Waals surface area contributed by atoms with Crippen LogP contribution < -0.4 is 10.2 Å². The van der Waals surface area contributed by atoms with Gasteiger partial charge in [0.15, 0.2) is 0 Å². The lowest BCUT2D eigenvalue weighted by atomic mass is 10.0. The van der Waals surface area contributed by atoms with Gasteiger partial charge in [-0.2, -0.15) is 0 Å². The van der Waals surface area contributed by atoms with E-state index in [1.165, 1.54) is 283 Å². The highest BCUT2D eigenvalue weighted by Gasteiger charge is 2.23. The number of allylic oxidation sites excluding steroid dienone is 7. The van der Waals surface area contributed by atoms with Crippen LogP contribution in [-0.4, -0.2) is 68.5 Å². The van der Waals surface area contributed by atoms with Crippen LogP contribution in [0.25, 0.3) is 0 Å². The largest absolute Gasteiger partial charge is 0.756 e. The van der Waals surface area contributed by atoms with Crippen molar-refractivity contribution >= 4 is 13.7 Å². The molecule has 9 heteroatoms. The minimum absolute atomic E-state index is 0.00846. The van der Waals surface area contributed by atoms with Gasteiger partial charge in [-0.15, -0.1) is 0 Å². The van der Waals surface area contributed by atoms with Crippen LogP contribution in [0.4, 0.5) is 0 Å². The van der Waals surface area contributed by atoms with Crippen molar-refractivity contribution in [2.75, 3.05) is 40.9 Å². The first-order valence-electron chi connectivity index (χ1n) is 35.0. The molecule has 0 fully saturated rings. The monoisotopic (exact) mass is 1150 g/mol. The Hall–Kier alpha value is -1.54. The molecule has 0 aromatic rings. The van der Waals surface area contributed by atoms with E-state index in [4.69, 9.17) is 9.05 Å². The number of carbonyl (C=O) groups is 1. The molecule has 0 aromatic heterocycles. The zero-order valence-electron chi connectivity index (χ0n) is 54.0. The van der Waals surface area contributed by atoms with Crippen LogP contribution in [0.5, 0.6) is 0 Å². The maximum atomic E-state index is 13.0. The number of aliphatic hydroxyl groups is 1. The molecular formula is C71H137N2O6P. The van der Waals surface area contributed by atoms with E-state index in [1.807, 2.05) is 27.2 Å². The summed E-state index contributed by atoms with van der Waals surface area (Å²) in [5, 5.41) is 13.9. The first kappa shape index (κ1) is 78.5. The third-order valence-electron chi connectivity index (χ3n) is 16.0. The van der Waals surface area contributed by atoms with Crippen LogP contribution in [-0.2, 0) is 18.4 Å². The van der Waals surface area contributed by atoms with Crippen molar-refractivity contribution in [3.63, 3.8) is 0 Å². The number of unbranched alkanes of at least 4 members (excludes halogenated alkanes) is 46. The lowest BCUT2D eigenvalue weighted by Gasteiger charge is -2.29. The van der Waals surface area contributed by atoms with Crippen LogP contribution in [0, 0.1) is 0 Å². The van der Waals surface area contributed by atoms with Gasteiger partial charge in [-0.25, -0.2) is 0 Å². The molecule has 0 aliphatic carbocycles. The van der Waals surface area contributed by atoms with Crippen molar-refractivity contribution in [1.29, 1.82) is 0 Å². The van der Waals surface area contributed by atoms with Crippen molar-refractivity contribution in [2.45, 2.75) is 360 Å². The van der Waals surface area contributed by atoms with Crippen molar-refractivity contribution in [1.82, 2.24) is 5.32 Å². The number of aliphatic hydroxyl groups excluding tert-OH is 1. The van der Waals surface area contributed by atoms with Crippen LogP contribution >= 0.6 is 7.82 Å². The number of hydrogen-bond acceptors (Lipinski definition) is 6. The summed E-state index contributed by atoms with van der Waals surface area (Å²) in [5.41, 5.74) is 0. The molecule has 0 saturated heterocycles. The molecule has 80 heavy (non-hydrogen) atoms. The van der Waals surface area contributed by atoms with Gasteiger partial charge in [0.05, 0.1) is 39.9 Å². The summed E-state index contributed by atoms with van der Waals surface area (Å²) in [5.74, 6) is -0.206. The maximum Gasteiger partial charge on any atom is 0.268 e. The lowest BCUT2D eigenvalue weighted by Crippen LogP contribution is -2.45. The fourth-order valence-electron chi connectivity index (χ4n) is 10.5.